The van der Waals surface area contributed by atoms with Gasteiger partial charge in [0.1, 0.15) is 18.2 Å². The molecule has 0 amide bonds. The summed E-state index contributed by atoms with van der Waals surface area (Å²) < 4.78 is 24.6. The number of tetrazole rings is 1. The number of benzene rings is 2. The van der Waals surface area contributed by atoms with Gasteiger partial charge >= 0.3 is 5.69 Å². The average molecular weight is 455 g/mol. The molecule has 0 spiro atoms. The Hall–Kier alpha value is -3.40. The summed E-state index contributed by atoms with van der Waals surface area (Å²) in [5.74, 6) is 0.135. The molecule has 0 aliphatic heterocycles. The lowest BCUT2D eigenvalue weighted by Crippen LogP contribution is -2.23. The number of halogens is 1. The molecule has 8 nitrogen and oxygen atoms in total. The van der Waals surface area contributed by atoms with Crippen molar-refractivity contribution in [3.05, 3.63) is 69.4 Å². The van der Waals surface area contributed by atoms with Crippen LogP contribution in [0.4, 0.5) is 4.39 Å². The predicted octanol–water partition coefficient (Wildman–Crippen LogP) is 3.42. The van der Waals surface area contributed by atoms with E-state index in [1.54, 1.807) is 17.8 Å². The molecule has 0 unspecified atom stereocenters. The van der Waals surface area contributed by atoms with Crippen LogP contribution in [-0.4, -0.2) is 35.8 Å². The quantitative estimate of drug-likeness (QED) is 0.416. The number of aryl methyl sites for hydroxylation is 3. The first-order chi connectivity index (χ1) is 15.3. The number of ether oxygens (including phenoxy) is 1. The van der Waals surface area contributed by atoms with Gasteiger partial charge in [-0.25, -0.2) is 9.18 Å². The first kappa shape index (κ1) is 21.8. The van der Waals surface area contributed by atoms with E-state index in [1.807, 2.05) is 43.1 Å². The molecule has 0 atom stereocenters. The third-order valence-electron chi connectivity index (χ3n) is 5.28. The topological polar surface area (TPSA) is 79.8 Å². The fourth-order valence-corrected chi connectivity index (χ4v) is 4.34. The lowest BCUT2D eigenvalue weighted by molar-refractivity contribution is 0.297. The molecule has 4 aromatic rings. The maximum absolute atomic E-state index is 14.6. The van der Waals surface area contributed by atoms with E-state index in [-0.39, 0.29) is 12.2 Å². The zero-order valence-corrected chi connectivity index (χ0v) is 19.3. The van der Waals surface area contributed by atoms with Crippen LogP contribution in [-0.2, 0) is 20.7 Å². The van der Waals surface area contributed by atoms with Gasteiger partial charge in [-0.2, -0.15) is 14.5 Å². The number of thioether (sulfide) groups is 1. The Morgan fingerprint density at radius 1 is 1.09 bits per heavy atom. The summed E-state index contributed by atoms with van der Waals surface area (Å²) in [4.78, 5) is 12.2. The molecule has 10 heteroatoms. The van der Waals surface area contributed by atoms with Crippen LogP contribution in [0.25, 0.3) is 16.9 Å². The van der Waals surface area contributed by atoms with Crippen LogP contribution in [0.15, 0.2) is 46.2 Å². The smallest absolute Gasteiger partial charge is 0.368 e. The van der Waals surface area contributed by atoms with Gasteiger partial charge in [0.25, 0.3) is 0 Å². The molecule has 4 rings (SSSR count). The molecule has 2 aromatic heterocycles. The van der Waals surface area contributed by atoms with Crippen molar-refractivity contribution in [2.75, 3.05) is 6.26 Å². The number of nitrogens with zero attached hydrogens (tertiary/aromatic N) is 6. The molecule has 166 valence electrons. The SMILES string of the molecule is CSc1c(C)c(-c2ccc(OCc3c(F)cccc3-n3nnn(C)c3=O)c(C)c2)nn1C. The van der Waals surface area contributed by atoms with Gasteiger partial charge in [-0.05, 0) is 66.4 Å². The number of hydrogen-bond acceptors (Lipinski definition) is 6. The van der Waals surface area contributed by atoms with Gasteiger partial charge in [-0.15, -0.1) is 11.8 Å². The summed E-state index contributed by atoms with van der Waals surface area (Å²) in [5, 5.41) is 13.3. The maximum Gasteiger partial charge on any atom is 0.368 e. The Kier molecular flexibility index (Phi) is 5.88. The van der Waals surface area contributed by atoms with E-state index in [2.05, 4.69) is 22.4 Å². The van der Waals surface area contributed by atoms with E-state index in [9.17, 15) is 9.18 Å². The van der Waals surface area contributed by atoms with Crippen LogP contribution in [0.1, 0.15) is 16.7 Å². The third kappa shape index (κ3) is 3.81. The zero-order valence-electron chi connectivity index (χ0n) is 18.5. The number of aromatic nitrogens is 6. The Bertz CT molecular complexity index is 1360. The molecule has 0 saturated heterocycles. The summed E-state index contributed by atoms with van der Waals surface area (Å²) >= 11 is 1.66. The van der Waals surface area contributed by atoms with Gasteiger partial charge in [0.2, 0.25) is 0 Å². The van der Waals surface area contributed by atoms with Crippen LogP contribution in [0.5, 0.6) is 5.75 Å². The molecule has 0 radical (unpaired) electrons. The molecular weight excluding hydrogens is 431 g/mol. The Morgan fingerprint density at radius 3 is 2.50 bits per heavy atom. The van der Waals surface area contributed by atoms with Crippen LogP contribution in [0.2, 0.25) is 0 Å². The van der Waals surface area contributed by atoms with Crippen LogP contribution >= 0.6 is 11.8 Å². The van der Waals surface area contributed by atoms with Gasteiger partial charge in [-0.1, -0.05) is 6.07 Å². The highest BCUT2D eigenvalue weighted by Crippen LogP contribution is 2.32. The standard InChI is InChI=1S/C22H23FN6O2S/c1-13-11-15(20-14(2)21(32-5)27(3)24-20)9-10-19(13)31-12-16-17(23)7-6-8-18(16)29-22(30)28(4)25-26-29/h6-11H,12H2,1-5H3. The van der Waals surface area contributed by atoms with Crippen molar-refractivity contribution < 1.29 is 9.13 Å². The van der Waals surface area contributed by atoms with Crippen molar-refractivity contribution in [2.24, 2.45) is 14.1 Å². The van der Waals surface area contributed by atoms with Gasteiger partial charge in [-0.3, -0.25) is 4.68 Å². The van der Waals surface area contributed by atoms with Gasteiger partial charge in [0.05, 0.1) is 22.0 Å². The minimum absolute atomic E-state index is 0.0650. The Balaban J connectivity index is 1.62. The van der Waals surface area contributed by atoms with Crippen molar-refractivity contribution in [1.29, 1.82) is 0 Å². The second-order valence-electron chi connectivity index (χ2n) is 7.41. The molecule has 0 fully saturated rings. The van der Waals surface area contributed by atoms with Crippen molar-refractivity contribution in [3.8, 4) is 22.7 Å². The highest BCUT2D eigenvalue weighted by molar-refractivity contribution is 7.98. The summed E-state index contributed by atoms with van der Waals surface area (Å²) in [5.41, 5.74) is 3.99. The molecule has 0 aliphatic rings. The zero-order chi connectivity index (χ0) is 23.0. The third-order valence-corrected chi connectivity index (χ3v) is 6.23. The van der Waals surface area contributed by atoms with Gasteiger partial charge < -0.3 is 4.74 Å². The van der Waals surface area contributed by atoms with Crippen LogP contribution < -0.4 is 10.4 Å². The van der Waals surface area contributed by atoms with Gasteiger partial charge in [0.15, 0.2) is 0 Å². The molecule has 2 heterocycles. The number of rotatable bonds is 6. The van der Waals surface area contributed by atoms with E-state index in [0.717, 1.165) is 36.8 Å². The molecule has 0 saturated carbocycles. The monoisotopic (exact) mass is 454 g/mol. The minimum atomic E-state index is -0.483. The molecular formula is C22H23FN6O2S. The van der Waals surface area contributed by atoms with E-state index >= 15 is 0 Å². The maximum atomic E-state index is 14.6. The van der Waals surface area contributed by atoms with Gasteiger partial charge in [0, 0.05) is 25.2 Å². The molecule has 32 heavy (non-hydrogen) atoms. The molecule has 0 aliphatic carbocycles. The summed E-state index contributed by atoms with van der Waals surface area (Å²) in [7, 11) is 3.42. The second kappa shape index (κ2) is 8.62. The van der Waals surface area contributed by atoms with E-state index in [4.69, 9.17) is 4.74 Å². The lowest BCUT2D eigenvalue weighted by atomic mass is 10.1. The minimum Gasteiger partial charge on any atom is -0.488 e. The van der Waals surface area contributed by atoms with E-state index in [0.29, 0.717) is 11.4 Å². The fraction of sp³-hybridized carbons (Fsp3) is 0.273. The summed E-state index contributed by atoms with van der Waals surface area (Å²) in [6.07, 6.45) is 2.03. The van der Waals surface area contributed by atoms with Crippen LogP contribution in [0.3, 0.4) is 0 Å². The van der Waals surface area contributed by atoms with Crippen LogP contribution in [0, 0.1) is 19.7 Å². The normalized spacial score (nSPS) is 11.2. The van der Waals surface area contributed by atoms with Crippen molar-refractivity contribution in [2.45, 2.75) is 25.5 Å². The summed E-state index contributed by atoms with van der Waals surface area (Å²) in [6, 6.07) is 10.3. The van der Waals surface area contributed by atoms with Crippen molar-refractivity contribution in [1.82, 2.24) is 29.6 Å². The highest BCUT2D eigenvalue weighted by atomic mass is 32.2. The number of hydrogen-bond donors (Lipinski definition) is 0. The molecule has 2 aromatic carbocycles. The highest BCUT2D eigenvalue weighted by Gasteiger charge is 2.17. The van der Waals surface area contributed by atoms with Crippen molar-refractivity contribution >= 4 is 11.8 Å². The lowest BCUT2D eigenvalue weighted by Gasteiger charge is -2.13. The largest absolute Gasteiger partial charge is 0.488 e. The second-order valence-corrected chi connectivity index (χ2v) is 8.20. The van der Waals surface area contributed by atoms with Crippen molar-refractivity contribution in [3.63, 3.8) is 0 Å². The van der Waals surface area contributed by atoms with E-state index < -0.39 is 11.5 Å². The Labute approximate surface area is 188 Å². The predicted molar refractivity (Wildman–Crippen MR) is 121 cm³/mol. The fourth-order valence-electron chi connectivity index (χ4n) is 3.64. The first-order valence-electron chi connectivity index (χ1n) is 9.90. The summed E-state index contributed by atoms with van der Waals surface area (Å²) in [6.45, 7) is 3.93. The first-order valence-corrected chi connectivity index (χ1v) is 11.1. The van der Waals surface area contributed by atoms with E-state index in [1.165, 1.54) is 19.2 Å². The molecule has 0 bridgehead atoms. The Morgan fingerprint density at radius 2 is 1.88 bits per heavy atom. The average Bonchev–Trinajstić information content (AvgIpc) is 3.25. The molecule has 0 N–H and O–H groups in total.